The molecule has 0 atom stereocenters. The van der Waals surface area contributed by atoms with Crippen LogP contribution in [0.1, 0.15) is 11.1 Å². The standard InChI is InChI=1S/C11H9N5O2S/c12-5-8-3-1-2-4-9(8)7-19-11-13-14-15-16(11)6-10(17)18/h1-4H,6-7H2,(H,17,18). The molecular formula is C11H9N5O2S. The van der Waals surface area contributed by atoms with Crippen LogP contribution in [-0.4, -0.2) is 31.3 Å². The van der Waals surface area contributed by atoms with Gasteiger partial charge in [-0.1, -0.05) is 30.0 Å². The molecule has 96 valence electrons. The van der Waals surface area contributed by atoms with E-state index in [1.807, 2.05) is 12.1 Å². The lowest BCUT2D eigenvalue weighted by atomic mass is 10.1. The summed E-state index contributed by atoms with van der Waals surface area (Å²) in [5.41, 5.74) is 1.45. The fourth-order valence-electron chi connectivity index (χ4n) is 1.42. The molecule has 0 radical (unpaired) electrons. The number of rotatable bonds is 5. The molecule has 0 aliphatic rings. The van der Waals surface area contributed by atoms with Crippen molar-refractivity contribution in [2.45, 2.75) is 17.5 Å². The lowest BCUT2D eigenvalue weighted by Crippen LogP contribution is -2.11. The second-order valence-corrected chi connectivity index (χ2v) is 4.51. The van der Waals surface area contributed by atoms with Gasteiger partial charge in [-0.2, -0.15) is 5.26 Å². The fraction of sp³-hybridized carbons (Fsp3) is 0.182. The highest BCUT2D eigenvalue weighted by Crippen LogP contribution is 2.21. The molecule has 0 spiro atoms. The minimum atomic E-state index is -1.01. The normalized spacial score (nSPS) is 10.1. The van der Waals surface area contributed by atoms with E-state index in [9.17, 15) is 4.79 Å². The van der Waals surface area contributed by atoms with Crippen LogP contribution in [-0.2, 0) is 17.1 Å². The number of hydrogen-bond donors (Lipinski definition) is 1. The topological polar surface area (TPSA) is 105 Å². The average molecular weight is 275 g/mol. The predicted octanol–water partition coefficient (Wildman–Crippen LogP) is 0.922. The van der Waals surface area contributed by atoms with Gasteiger partial charge in [0, 0.05) is 5.75 Å². The van der Waals surface area contributed by atoms with Gasteiger partial charge in [0.25, 0.3) is 0 Å². The summed E-state index contributed by atoms with van der Waals surface area (Å²) >= 11 is 1.29. The molecular weight excluding hydrogens is 266 g/mol. The van der Waals surface area contributed by atoms with E-state index in [4.69, 9.17) is 10.4 Å². The zero-order valence-electron chi connectivity index (χ0n) is 9.72. The Morgan fingerprint density at radius 3 is 3.00 bits per heavy atom. The molecule has 2 aromatic rings. The Balaban J connectivity index is 2.09. The molecule has 0 amide bonds. The summed E-state index contributed by atoms with van der Waals surface area (Å²) in [7, 11) is 0. The molecule has 7 nitrogen and oxygen atoms in total. The van der Waals surface area contributed by atoms with Crippen molar-refractivity contribution >= 4 is 17.7 Å². The molecule has 1 heterocycles. The third kappa shape index (κ3) is 3.29. The van der Waals surface area contributed by atoms with E-state index >= 15 is 0 Å². The number of carboxylic acids is 1. The minimum absolute atomic E-state index is 0.283. The fourth-order valence-corrected chi connectivity index (χ4v) is 2.31. The Labute approximate surface area is 112 Å². The van der Waals surface area contributed by atoms with Crippen molar-refractivity contribution in [1.29, 1.82) is 5.26 Å². The maximum absolute atomic E-state index is 10.6. The molecule has 19 heavy (non-hydrogen) atoms. The van der Waals surface area contributed by atoms with Gasteiger partial charge < -0.3 is 5.11 Å². The second-order valence-electron chi connectivity index (χ2n) is 3.57. The number of thioether (sulfide) groups is 1. The Morgan fingerprint density at radius 1 is 1.47 bits per heavy atom. The highest BCUT2D eigenvalue weighted by molar-refractivity contribution is 7.98. The maximum Gasteiger partial charge on any atom is 0.325 e. The Kier molecular flexibility index (Phi) is 4.10. The number of nitrogens with zero attached hydrogens (tertiary/aromatic N) is 5. The van der Waals surface area contributed by atoms with Crippen molar-refractivity contribution in [3.05, 3.63) is 35.4 Å². The van der Waals surface area contributed by atoms with Crippen molar-refractivity contribution in [3.63, 3.8) is 0 Å². The van der Waals surface area contributed by atoms with E-state index in [1.54, 1.807) is 12.1 Å². The van der Waals surface area contributed by atoms with Gasteiger partial charge in [-0.3, -0.25) is 4.79 Å². The average Bonchev–Trinajstić information content (AvgIpc) is 2.83. The van der Waals surface area contributed by atoms with Gasteiger partial charge in [-0.15, -0.1) is 5.10 Å². The van der Waals surface area contributed by atoms with Crippen molar-refractivity contribution in [2.75, 3.05) is 0 Å². The molecule has 1 N–H and O–H groups in total. The Morgan fingerprint density at radius 2 is 2.26 bits per heavy atom. The van der Waals surface area contributed by atoms with Gasteiger partial charge >= 0.3 is 5.97 Å². The Bertz CT molecular complexity index is 634. The summed E-state index contributed by atoms with van der Waals surface area (Å²) in [6.07, 6.45) is 0. The van der Waals surface area contributed by atoms with Crippen LogP contribution in [0.2, 0.25) is 0 Å². The van der Waals surface area contributed by atoms with Gasteiger partial charge in [0.05, 0.1) is 11.6 Å². The molecule has 0 aliphatic heterocycles. The number of carbonyl (C=O) groups is 1. The van der Waals surface area contributed by atoms with Gasteiger partial charge in [-0.25, -0.2) is 4.68 Å². The van der Waals surface area contributed by atoms with Crippen LogP contribution in [0.25, 0.3) is 0 Å². The van der Waals surface area contributed by atoms with E-state index in [-0.39, 0.29) is 6.54 Å². The van der Waals surface area contributed by atoms with Crippen molar-refractivity contribution in [2.24, 2.45) is 0 Å². The van der Waals surface area contributed by atoms with Crippen molar-refractivity contribution in [1.82, 2.24) is 20.2 Å². The number of benzene rings is 1. The van der Waals surface area contributed by atoms with Crippen LogP contribution < -0.4 is 0 Å². The minimum Gasteiger partial charge on any atom is -0.480 e. The molecule has 0 unspecified atom stereocenters. The first-order valence-corrected chi connectivity index (χ1v) is 6.28. The molecule has 0 aliphatic carbocycles. The molecule has 0 fully saturated rings. The number of tetrazole rings is 1. The highest BCUT2D eigenvalue weighted by atomic mass is 32.2. The van der Waals surface area contributed by atoms with Gasteiger partial charge in [0.2, 0.25) is 5.16 Å². The molecule has 0 saturated carbocycles. The van der Waals surface area contributed by atoms with E-state index < -0.39 is 5.97 Å². The predicted molar refractivity (Wildman–Crippen MR) is 66.2 cm³/mol. The maximum atomic E-state index is 10.6. The molecule has 0 saturated heterocycles. The summed E-state index contributed by atoms with van der Waals surface area (Å²) < 4.78 is 1.21. The first-order chi connectivity index (χ1) is 9.20. The van der Waals surface area contributed by atoms with E-state index in [2.05, 4.69) is 21.6 Å². The first kappa shape index (κ1) is 13.0. The van der Waals surface area contributed by atoms with Gasteiger partial charge in [-0.05, 0) is 22.1 Å². The molecule has 2 rings (SSSR count). The third-order valence-corrected chi connectivity index (χ3v) is 3.28. The zero-order valence-corrected chi connectivity index (χ0v) is 10.5. The number of hydrogen-bond acceptors (Lipinski definition) is 6. The summed E-state index contributed by atoms with van der Waals surface area (Å²) in [5, 5.41) is 28.9. The molecule has 8 heteroatoms. The smallest absolute Gasteiger partial charge is 0.325 e. The van der Waals surface area contributed by atoms with E-state index in [1.165, 1.54) is 16.4 Å². The molecule has 0 bridgehead atoms. The molecule has 1 aromatic heterocycles. The van der Waals surface area contributed by atoms with Crippen molar-refractivity contribution in [3.8, 4) is 6.07 Å². The van der Waals surface area contributed by atoms with Crippen molar-refractivity contribution < 1.29 is 9.90 Å². The first-order valence-electron chi connectivity index (χ1n) is 5.29. The monoisotopic (exact) mass is 275 g/mol. The van der Waals surface area contributed by atoms with Gasteiger partial charge in [0.15, 0.2) is 0 Å². The summed E-state index contributed by atoms with van der Waals surface area (Å²) in [6.45, 7) is -0.283. The Hall–Kier alpha value is -2.40. The second kappa shape index (κ2) is 5.97. The summed E-state index contributed by atoms with van der Waals surface area (Å²) in [5.74, 6) is -0.504. The summed E-state index contributed by atoms with van der Waals surface area (Å²) in [6, 6.07) is 9.32. The number of aliphatic carboxylic acids is 1. The number of nitriles is 1. The van der Waals surface area contributed by atoms with Crippen LogP contribution >= 0.6 is 11.8 Å². The molecule has 1 aromatic carbocycles. The largest absolute Gasteiger partial charge is 0.480 e. The van der Waals surface area contributed by atoms with E-state index in [0.717, 1.165) is 5.56 Å². The van der Waals surface area contributed by atoms with Crippen LogP contribution in [0, 0.1) is 11.3 Å². The van der Waals surface area contributed by atoms with Crippen LogP contribution in [0.3, 0.4) is 0 Å². The quantitative estimate of drug-likeness (QED) is 0.809. The van der Waals surface area contributed by atoms with E-state index in [0.29, 0.717) is 16.5 Å². The van der Waals surface area contributed by atoms with Crippen LogP contribution in [0.5, 0.6) is 0 Å². The summed E-state index contributed by atoms with van der Waals surface area (Å²) in [4.78, 5) is 10.6. The van der Waals surface area contributed by atoms with Crippen LogP contribution in [0.15, 0.2) is 29.4 Å². The zero-order chi connectivity index (χ0) is 13.7. The third-order valence-electron chi connectivity index (χ3n) is 2.28. The lowest BCUT2D eigenvalue weighted by molar-refractivity contribution is -0.138. The van der Waals surface area contributed by atoms with Gasteiger partial charge in [0.1, 0.15) is 6.54 Å². The lowest BCUT2D eigenvalue weighted by Gasteiger charge is -2.03. The highest BCUT2D eigenvalue weighted by Gasteiger charge is 2.11. The van der Waals surface area contributed by atoms with Crippen LogP contribution in [0.4, 0.5) is 0 Å². The number of aromatic nitrogens is 4. The SMILES string of the molecule is N#Cc1ccccc1CSc1nnnn1CC(=O)O. The number of carboxylic acid groups (broad SMARTS) is 1.